The summed E-state index contributed by atoms with van der Waals surface area (Å²) in [7, 11) is -1.19. The van der Waals surface area contributed by atoms with Gasteiger partial charge in [0.05, 0.1) is 10.1 Å². The summed E-state index contributed by atoms with van der Waals surface area (Å²) in [6.45, 7) is 1.73. The first-order chi connectivity index (χ1) is 9.06. The van der Waals surface area contributed by atoms with Crippen molar-refractivity contribution in [2.24, 2.45) is 0 Å². The number of carbonyl (C=O) groups is 1. The molecule has 106 valence electrons. The summed E-state index contributed by atoms with van der Waals surface area (Å²) in [4.78, 5) is 13.0. The zero-order valence-corrected chi connectivity index (χ0v) is 13.2. The maximum Gasteiger partial charge on any atom is 0.235 e. The van der Waals surface area contributed by atoms with Crippen LogP contribution in [0.25, 0.3) is 0 Å². The minimum Gasteiger partial charge on any atom is -0.352 e. The summed E-state index contributed by atoms with van der Waals surface area (Å²) in [6, 6.07) is 3.94. The zero-order chi connectivity index (χ0) is 13.8. The predicted molar refractivity (Wildman–Crippen MR) is 81.0 cm³/mol. The molecule has 1 saturated carbocycles. The van der Waals surface area contributed by atoms with Crippen molar-refractivity contribution in [3.63, 3.8) is 0 Å². The van der Waals surface area contributed by atoms with Crippen LogP contribution >= 0.6 is 22.9 Å². The van der Waals surface area contributed by atoms with E-state index >= 15 is 0 Å². The number of nitrogens with one attached hydrogen (secondary N) is 1. The van der Waals surface area contributed by atoms with Gasteiger partial charge >= 0.3 is 0 Å². The number of halogens is 1. The molecule has 2 rings (SSSR count). The van der Waals surface area contributed by atoms with E-state index in [9.17, 15) is 9.00 Å². The molecular weight excluding hydrogens is 302 g/mol. The van der Waals surface area contributed by atoms with Crippen LogP contribution < -0.4 is 5.32 Å². The molecule has 1 heterocycles. The topological polar surface area (TPSA) is 46.2 Å². The van der Waals surface area contributed by atoms with E-state index in [0.717, 1.165) is 17.7 Å². The van der Waals surface area contributed by atoms with E-state index in [0.29, 0.717) is 10.1 Å². The summed E-state index contributed by atoms with van der Waals surface area (Å²) in [5.41, 5.74) is 0. The molecule has 0 bridgehead atoms. The third kappa shape index (κ3) is 4.29. The molecular formula is C13H18ClNO2S2. The average molecular weight is 320 g/mol. The lowest BCUT2D eigenvalue weighted by Crippen LogP contribution is -2.40. The van der Waals surface area contributed by atoms with E-state index < -0.39 is 16.0 Å². The highest BCUT2D eigenvalue weighted by Crippen LogP contribution is 2.23. The van der Waals surface area contributed by atoms with Gasteiger partial charge in [-0.1, -0.05) is 24.4 Å². The number of hydrogen-bond donors (Lipinski definition) is 1. The van der Waals surface area contributed by atoms with Crippen LogP contribution in [0.3, 0.4) is 0 Å². The monoisotopic (exact) mass is 319 g/mol. The van der Waals surface area contributed by atoms with Crippen LogP contribution in [0, 0.1) is 0 Å². The molecule has 1 N–H and O–H groups in total. The van der Waals surface area contributed by atoms with E-state index in [1.807, 2.05) is 6.07 Å². The highest BCUT2D eigenvalue weighted by Gasteiger charge is 2.24. The Morgan fingerprint density at radius 2 is 2.21 bits per heavy atom. The van der Waals surface area contributed by atoms with Gasteiger partial charge in [-0.3, -0.25) is 9.00 Å². The Labute approximate surface area is 125 Å². The van der Waals surface area contributed by atoms with Gasteiger partial charge in [0.2, 0.25) is 5.91 Å². The quantitative estimate of drug-likeness (QED) is 0.906. The number of amides is 1. The van der Waals surface area contributed by atoms with Gasteiger partial charge in [-0.2, -0.15) is 0 Å². The first-order valence-corrected chi connectivity index (χ1v) is 9.05. The van der Waals surface area contributed by atoms with Crippen molar-refractivity contribution in [3.05, 3.63) is 21.3 Å². The zero-order valence-electron chi connectivity index (χ0n) is 10.9. The van der Waals surface area contributed by atoms with Crippen LogP contribution in [0.1, 0.15) is 37.5 Å². The predicted octanol–water partition coefficient (Wildman–Crippen LogP) is 3.10. The molecule has 1 aliphatic carbocycles. The first-order valence-electron chi connectivity index (χ1n) is 6.48. The molecule has 1 fully saturated rings. The molecule has 6 heteroatoms. The molecule has 0 unspecified atom stereocenters. The maximum absolute atomic E-state index is 12.2. The minimum atomic E-state index is -1.19. The number of hydrogen-bond acceptors (Lipinski definition) is 3. The van der Waals surface area contributed by atoms with Gasteiger partial charge in [0.1, 0.15) is 5.25 Å². The normalized spacial score (nSPS) is 19.3. The lowest BCUT2D eigenvalue weighted by atomic mass is 10.2. The second-order valence-electron chi connectivity index (χ2n) is 4.86. The molecule has 0 saturated heterocycles. The van der Waals surface area contributed by atoms with Gasteiger partial charge < -0.3 is 5.32 Å². The number of rotatable bonds is 5. The van der Waals surface area contributed by atoms with Crippen LogP contribution in [-0.4, -0.2) is 21.4 Å². The van der Waals surface area contributed by atoms with E-state index in [-0.39, 0.29) is 11.9 Å². The van der Waals surface area contributed by atoms with Crippen LogP contribution in [0.15, 0.2) is 12.1 Å². The van der Waals surface area contributed by atoms with E-state index in [2.05, 4.69) is 5.32 Å². The lowest BCUT2D eigenvalue weighted by Gasteiger charge is -2.16. The number of carbonyl (C=O) groups excluding carboxylic acids is 1. The van der Waals surface area contributed by atoms with Gasteiger partial charge in [0.25, 0.3) is 0 Å². The van der Waals surface area contributed by atoms with Crippen LogP contribution in [0.2, 0.25) is 4.34 Å². The lowest BCUT2D eigenvalue weighted by molar-refractivity contribution is -0.121. The van der Waals surface area contributed by atoms with Crippen LogP contribution in [0.5, 0.6) is 0 Å². The summed E-state index contributed by atoms with van der Waals surface area (Å²) in [6.07, 6.45) is 4.45. The molecule has 3 nitrogen and oxygen atoms in total. The molecule has 0 radical (unpaired) electrons. The second kappa shape index (κ2) is 6.86. The third-order valence-electron chi connectivity index (χ3n) is 3.38. The van der Waals surface area contributed by atoms with Crippen LogP contribution in [-0.2, 0) is 21.3 Å². The Balaban J connectivity index is 1.85. The highest BCUT2D eigenvalue weighted by molar-refractivity contribution is 7.85. The maximum atomic E-state index is 12.2. The SMILES string of the molecule is C[C@H](C(=O)NC1CCCC1)[S@@](=O)Cc1ccc(Cl)s1. The summed E-state index contributed by atoms with van der Waals surface area (Å²) in [5.74, 6) is 0.310. The van der Waals surface area contributed by atoms with E-state index in [1.165, 1.54) is 24.2 Å². The highest BCUT2D eigenvalue weighted by atomic mass is 35.5. The van der Waals surface area contributed by atoms with Gasteiger partial charge in [-0.25, -0.2) is 0 Å². The van der Waals surface area contributed by atoms with Gasteiger partial charge in [-0.05, 0) is 31.9 Å². The Morgan fingerprint density at radius 1 is 1.53 bits per heavy atom. The molecule has 1 amide bonds. The van der Waals surface area contributed by atoms with Crippen molar-refractivity contribution in [1.29, 1.82) is 0 Å². The number of thiophene rings is 1. The summed E-state index contributed by atoms with van der Waals surface area (Å²) in [5, 5.41) is 2.53. The molecule has 19 heavy (non-hydrogen) atoms. The van der Waals surface area contributed by atoms with Gasteiger partial charge in [-0.15, -0.1) is 11.3 Å². The minimum absolute atomic E-state index is 0.0899. The Morgan fingerprint density at radius 3 is 2.79 bits per heavy atom. The molecule has 1 aliphatic rings. The Bertz CT molecular complexity index is 469. The fourth-order valence-electron chi connectivity index (χ4n) is 2.20. The molecule has 2 atom stereocenters. The first kappa shape index (κ1) is 15.0. The van der Waals surface area contributed by atoms with Crippen molar-refractivity contribution in [3.8, 4) is 0 Å². The van der Waals surface area contributed by atoms with E-state index in [4.69, 9.17) is 11.6 Å². The van der Waals surface area contributed by atoms with Gasteiger partial charge in [0.15, 0.2) is 0 Å². The second-order valence-corrected chi connectivity index (χ2v) is 8.42. The standard InChI is InChI=1S/C13H18ClNO2S2/c1-9(13(16)15-10-4-2-3-5-10)19(17)8-11-6-7-12(14)18-11/h6-7,9-10H,2-5,8H2,1H3,(H,15,16)/t9-,19+/m1/s1. The molecule has 0 spiro atoms. The smallest absolute Gasteiger partial charge is 0.235 e. The van der Waals surface area contributed by atoms with Crippen molar-refractivity contribution >= 4 is 39.6 Å². The van der Waals surface area contributed by atoms with Crippen molar-refractivity contribution in [2.75, 3.05) is 0 Å². The Kier molecular flexibility index (Phi) is 5.42. The fourth-order valence-corrected chi connectivity index (χ4v) is 4.60. The largest absolute Gasteiger partial charge is 0.352 e. The fraction of sp³-hybridized carbons (Fsp3) is 0.615. The molecule has 0 aliphatic heterocycles. The molecule has 1 aromatic heterocycles. The molecule has 0 aromatic carbocycles. The van der Waals surface area contributed by atoms with Crippen LogP contribution in [0.4, 0.5) is 0 Å². The van der Waals surface area contributed by atoms with Crippen molar-refractivity contribution < 1.29 is 9.00 Å². The van der Waals surface area contributed by atoms with Crippen molar-refractivity contribution in [1.82, 2.24) is 5.32 Å². The Hall–Kier alpha value is -0.390. The summed E-state index contributed by atoms with van der Waals surface area (Å²) >= 11 is 7.26. The van der Waals surface area contributed by atoms with E-state index in [1.54, 1.807) is 13.0 Å². The van der Waals surface area contributed by atoms with Gasteiger partial charge in [0, 0.05) is 21.7 Å². The molecule has 1 aromatic rings. The average Bonchev–Trinajstić information content (AvgIpc) is 3.00. The third-order valence-corrected chi connectivity index (χ3v) is 6.39. The van der Waals surface area contributed by atoms with Crippen molar-refractivity contribution in [2.45, 2.75) is 49.7 Å². The summed E-state index contributed by atoms with van der Waals surface area (Å²) < 4.78 is 12.8.